The predicted molar refractivity (Wildman–Crippen MR) is 132 cm³/mol. The van der Waals surface area contributed by atoms with E-state index in [0.717, 1.165) is 55.1 Å². The standard InChI is InChI=1S/C30H46O/c1-3-21-31-22-24-7-11-26(12-8-24)28-15-19-30(20-16-28)29-17-13-27(14-18-29)25-9-5-23(4-2)6-10-25/h4,7-8,11-12,23,25,27-30H,2-3,5-6,9-10,13-22H2,1H3/t23-,25-,27?,28?,29?,30?. The van der Waals surface area contributed by atoms with E-state index in [2.05, 4.69) is 43.8 Å². The molecule has 1 aromatic rings. The average Bonchev–Trinajstić information content (AvgIpc) is 2.85. The number of allylic oxidation sites excluding steroid dienone is 1. The zero-order valence-corrected chi connectivity index (χ0v) is 20.1. The number of hydrogen-bond acceptors (Lipinski definition) is 1. The molecule has 3 saturated carbocycles. The van der Waals surface area contributed by atoms with Gasteiger partial charge in [0.15, 0.2) is 0 Å². The molecular weight excluding hydrogens is 376 g/mol. The second kappa shape index (κ2) is 11.7. The largest absolute Gasteiger partial charge is 0.377 e. The molecule has 0 aliphatic heterocycles. The molecule has 4 rings (SSSR count). The molecule has 0 aromatic heterocycles. The first-order valence-electron chi connectivity index (χ1n) is 13.6. The van der Waals surface area contributed by atoms with Crippen LogP contribution in [0.15, 0.2) is 36.9 Å². The predicted octanol–water partition coefficient (Wildman–Crippen LogP) is 8.69. The highest BCUT2D eigenvalue weighted by atomic mass is 16.5. The van der Waals surface area contributed by atoms with Crippen LogP contribution in [-0.2, 0) is 11.3 Å². The van der Waals surface area contributed by atoms with Crippen LogP contribution in [0.25, 0.3) is 0 Å². The van der Waals surface area contributed by atoms with Crippen molar-refractivity contribution in [2.45, 2.75) is 103 Å². The van der Waals surface area contributed by atoms with Crippen molar-refractivity contribution < 1.29 is 4.74 Å². The van der Waals surface area contributed by atoms with Gasteiger partial charge in [-0.15, -0.1) is 6.58 Å². The fraction of sp³-hybridized carbons (Fsp3) is 0.733. The molecule has 0 spiro atoms. The molecule has 0 amide bonds. The maximum atomic E-state index is 5.69. The summed E-state index contributed by atoms with van der Waals surface area (Å²) in [6.07, 6.45) is 20.9. The Hall–Kier alpha value is -1.08. The van der Waals surface area contributed by atoms with Crippen LogP contribution < -0.4 is 0 Å². The van der Waals surface area contributed by atoms with Crippen LogP contribution in [0.4, 0.5) is 0 Å². The van der Waals surface area contributed by atoms with Gasteiger partial charge >= 0.3 is 0 Å². The van der Waals surface area contributed by atoms with Gasteiger partial charge in [-0.3, -0.25) is 0 Å². The van der Waals surface area contributed by atoms with Crippen molar-refractivity contribution in [2.75, 3.05) is 6.61 Å². The van der Waals surface area contributed by atoms with Gasteiger partial charge in [-0.25, -0.2) is 0 Å². The van der Waals surface area contributed by atoms with Crippen molar-refractivity contribution in [3.05, 3.63) is 48.0 Å². The van der Waals surface area contributed by atoms with Gasteiger partial charge in [0.2, 0.25) is 0 Å². The fourth-order valence-electron chi connectivity index (χ4n) is 7.08. The van der Waals surface area contributed by atoms with Gasteiger partial charge in [-0.05, 0) is 130 Å². The molecule has 1 nitrogen and oxygen atoms in total. The summed E-state index contributed by atoms with van der Waals surface area (Å²) >= 11 is 0. The van der Waals surface area contributed by atoms with Crippen LogP contribution in [0.5, 0.6) is 0 Å². The zero-order valence-electron chi connectivity index (χ0n) is 20.1. The van der Waals surface area contributed by atoms with Crippen molar-refractivity contribution in [3.63, 3.8) is 0 Å². The highest BCUT2D eigenvalue weighted by Crippen LogP contribution is 2.47. The number of ether oxygens (including phenoxy) is 1. The lowest BCUT2D eigenvalue weighted by molar-refractivity contribution is 0.114. The Labute approximate surface area is 192 Å². The molecule has 31 heavy (non-hydrogen) atoms. The van der Waals surface area contributed by atoms with Gasteiger partial charge in [0, 0.05) is 6.61 Å². The highest BCUT2D eigenvalue weighted by Gasteiger charge is 2.34. The molecular formula is C30H46O. The van der Waals surface area contributed by atoms with E-state index < -0.39 is 0 Å². The third-order valence-corrected chi connectivity index (χ3v) is 9.14. The van der Waals surface area contributed by atoms with E-state index in [9.17, 15) is 0 Å². The Morgan fingerprint density at radius 2 is 1.23 bits per heavy atom. The Morgan fingerprint density at radius 3 is 1.71 bits per heavy atom. The molecule has 1 aromatic carbocycles. The van der Waals surface area contributed by atoms with Gasteiger partial charge in [-0.1, -0.05) is 37.3 Å². The Morgan fingerprint density at radius 1 is 0.742 bits per heavy atom. The second-order valence-electron chi connectivity index (χ2n) is 11.0. The molecule has 3 aliphatic carbocycles. The van der Waals surface area contributed by atoms with E-state index in [1.807, 2.05) is 0 Å². The number of rotatable bonds is 8. The third kappa shape index (κ3) is 6.25. The Bertz CT molecular complexity index is 637. The summed E-state index contributed by atoms with van der Waals surface area (Å²) in [7, 11) is 0. The maximum absolute atomic E-state index is 5.69. The van der Waals surface area contributed by atoms with E-state index >= 15 is 0 Å². The first kappa shape index (κ1) is 23.1. The molecule has 0 N–H and O–H groups in total. The molecule has 0 atom stereocenters. The molecule has 3 aliphatic rings. The maximum Gasteiger partial charge on any atom is 0.0716 e. The minimum atomic E-state index is 0.763. The van der Waals surface area contributed by atoms with Crippen molar-refractivity contribution in [1.82, 2.24) is 0 Å². The molecule has 0 radical (unpaired) electrons. The minimum Gasteiger partial charge on any atom is -0.377 e. The third-order valence-electron chi connectivity index (χ3n) is 9.14. The summed E-state index contributed by atoms with van der Waals surface area (Å²) in [5.41, 5.74) is 2.89. The molecule has 3 fully saturated rings. The second-order valence-corrected chi connectivity index (χ2v) is 11.0. The van der Waals surface area contributed by atoms with Crippen LogP contribution in [0.1, 0.15) is 107 Å². The van der Waals surface area contributed by atoms with Gasteiger partial charge < -0.3 is 4.74 Å². The van der Waals surface area contributed by atoms with Crippen LogP contribution in [-0.4, -0.2) is 6.61 Å². The summed E-state index contributed by atoms with van der Waals surface area (Å²) in [4.78, 5) is 0. The summed E-state index contributed by atoms with van der Waals surface area (Å²) in [6, 6.07) is 9.34. The highest BCUT2D eigenvalue weighted by molar-refractivity contribution is 5.25. The normalized spacial score (nSPS) is 34.4. The van der Waals surface area contributed by atoms with Gasteiger partial charge in [0.25, 0.3) is 0 Å². The summed E-state index contributed by atoms with van der Waals surface area (Å²) < 4.78 is 5.69. The first-order chi connectivity index (χ1) is 15.3. The van der Waals surface area contributed by atoms with E-state index in [-0.39, 0.29) is 0 Å². The number of hydrogen-bond donors (Lipinski definition) is 0. The smallest absolute Gasteiger partial charge is 0.0716 e. The fourth-order valence-corrected chi connectivity index (χ4v) is 7.08. The van der Waals surface area contributed by atoms with Crippen molar-refractivity contribution in [1.29, 1.82) is 0 Å². The van der Waals surface area contributed by atoms with Crippen molar-refractivity contribution >= 4 is 0 Å². The van der Waals surface area contributed by atoms with Crippen LogP contribution >= 0.6 is 0 Å². The van der Waals surface area contributed by atoms with Gasteiger partial charge in [0.1, 0.15) is 0 Å². The molecule has 0 heterocycles. The Balaban J connectivity index is 1.18. The lowest BCUT2D eigenvalue weighted by Gasteiger charge is -2.41. The molecule has 172 valence electrons. The van der Waals surface area contributed by atoms with E-state index in [4.69, 9.17) is 4.74 Å². The first-order valence-corrected chi connectivity index (χ1v) is 13.6. The molecule has 1 heteroatoms. The lowest BCUT2D eigenvalue weighted by atomic mass is 9.64. The monoisotopic (exact) mass is 422 g/mol. The number of benzene rings is 1. The molecule has 0 unspecified atom stereocenters. The quantitative estimate of drug-likeness (QED) is 0.301. The summed E-state index contributed by atoms with van der Waals surface area (Å²) in [6.45, 7) is 7.82. The average molecular weight is 423 g/mol. The van der Waals surface area contributed by atoms with Gasteiger partial charge in [0.05, 0.1) is 6.61 Å². The van der Waals surface area contributed by atoms with Gasteiger partial charge in [-0.2, -0.15) is 0 Å². The Kier molecular flexibility index (Phi) is 8.71. The van der Waals surface area contributed by atoms with E-state index in [1.165, 1.54) is 82.6 Å². The molecule has 0 bridgehead atoms. The summed E-state index contributed by atoms with van der Waals surface area (Å²) in [5, 5.41) is 0. The van der Waals surface area contributed by atoms with Crippen LogP contribution in [0.2, 0.25) is 0 Å². The molecule has 0 saturated heterocycles. The minimum absolute atomic E-state index is 0.763. The van der Waals surface area contributed by atoms with Crippen LogP contribution in [0, 0.1) is 29.6 Å². The SMILES string of the molecule is C=C[C@H]1CC[C@H](C2CCC(C3CCC(c4ccc(COCCC)cc4)CC3)CC2)CC1. The van der Waals surface area contributed by atoms with E-state index in [0.29, 0.717) is 0 Å². The topological polar surface area (TPSA) is 9.23 Å². The van der Waals surface area contributed by atoms with Crippen molar-refractivity contribution in [2.24, 2.45) is 29.6 Å². The summed E-state index contributed by atoms with van der Waals surface area (Å²) in [5.74, 6) is 5.71. The van der Waals surface area contributed by atoms with Crippen LogP contribution in [0.3, 0.4) is 0 Å². The lowest BCUT2D eigenvalue weighted by Crippen LogP contribution is -2.29. The van der Waals surface area contributed by atoms with Crippen molar-refractivity contribution in [3.8, 4) is 0 Å². The van der Waals surface area contributed by atoms with E-state index in [1.54, 1.807) is 5.56 Å². The zero-order chi connectivity index (χ0) is 21.5.